The first-order valence-corrected chi connectivity index (χ1v) is 11.1. The van der Waals surface area contributed by atoms with Crippen LogP contribution in [0.1, 0.15) is 62.5 Å². The molecule has 4 rings (SSSR count). The minimum atomic E-state index is 0.634. The Kier molecular flexibility index (Phi) is 6.60. The van der Waals surface area contributed by atoms with Gasteiger partial charge in [0.1, 0.15) is 0 Å². The van der Waals surface area contributed by atoms with Crippen molar-refractivity contribution in [1.82, 2.24) is 0 Å². The van der Waals surface area contributed by atoms with Gasteiger partial charge in [0.25, 0.3) is 0 Å². The number of rotatable bonds is 4. The zero-order valence-corrected chi connectivity index (χ0v) is 16.9. The van der Waals surface area contributed by atoms with E-state index >= 15 is 0 Å². The van der Waals surface area contributed by atoms with E-state index in [2.05, 4.69) is 85.0 Å². The minimum absolute atomic E-state index is 0.634. The summed E-state index contributed by atoms with van der Waals surface area (Å²) in [4.78, 5) is 0. The fourth-order valence-corrected chi connectivity index (χ4v) is 4.88. The molecule has 2 aromatic carbocycles. The lowest BCUT2D eigenvalue weighted by Crippen LogP contribution is -2.17. The van der Waals surface area contributed by atoms with E-state index in [-0.39, 0.29) is 0 Å². The molecule has 0 amide bonds. The fourth-order valence-electron chi connectivity index (χ4n) is 4.88. The Balaban J connectivity index is 1.58. The topological polar surface area (TPSA) is 0 Å². The highest BCUT2D eigenvalue weighted by molar-refractivity contribution is 5.52. The molecular weight excluding hydrogens is 336 g/mol. The molecule has 28 heavy (non-hydrogen) atoms. The molecule has 2 aromatic rings. The van der Waals surface area contributed by atoms with Crippen LogP contribution in [0.5, 0.6) is 0 Å². The molecule has 0 saturated heterocycles. The molecule has 0 bridgehead atoms. The van der Waals surface area contributed by atoms with Crippen molar-refractivity contribution >= 4 is 12.2 Å². The maximum atomic E-state index is 2.49. The van der Waals surface area contributed by atoms with E-state index in [9.17, 15) is 0 Å². The summed E-state index contributed by atoms with van der Waals surface area (Å²) in [7, 11) is 0. The van der Waals surface area contributed by atoms with Crippen molar-refractivity contribution in [1.29, 1.82) is 0 Å². The van der Waals surface area contributed by atoms with Crippen LogP contribution in [0.25, 0.3) is 12.2 Å². The van der Waals surface area contributed by atoms with E-state index in [1.54, 1.807) is 11.1 Å². The minimum Gasteiger partial charge on any atom is -0.0767 e. The van der Waals surface area contributed by atoms with Crippen LogP contribution in [0, 0.1) is 11.8 Å². The van der Waals surface area contributed by atoms with Crippen molar-refractivity contribution in [3.05, 3.63) is 95.1 Å². The second-order valence-electron chi connectivity index (χ2n) is 8.29. The average molecular weight is 369 g/mol. The Morgan fingerprint density at radius 1 is 0.536 bits per heavy atom. The predicted molar refractivity (Wildman–Crippen MR) is 122 cm³/mol. The molecule has 0 heterocycles. The molecule has 2 fully saturated rings. The number of hydrogen-bond donors (Lipinski definition) is 0. The van der Waals surface area contributed by atoms with Gasteiger partial charge in [0.05, 0.1) is 0 Å². The summed E-state index contributed by atoms with van der Waals surface area (Å²) in [6.45, 7) is 0. The van der Waals surface area contributed by atoms with Gasteiger partial charge < -0.3 is 0 Å². The van der Waals surface area contributed by atoms with Crippen molar-refractivity contribution in [3.63, 3.8) is 0 Å². The van der Waals surface area contributed by atoms with Crippen LogP contribution < -0.4 is 0 Å². The second-order valence-corrected chi connectivity index (χ2v) is 8.29. The van der Waals surface area contributed by atoms with Gasteiger partial charge >= 0.3 is 0 Å². The van der Waals surface area contributed by atoms with Crippen LogP contribution in [0.15, 0.2) is 84.0 Å². The highest BCUT2D eigenvalue weighted by Gasteiger charge is 2.25. The van der Waals surface area contributed by atoms with Crippen LogP contribution >= 0.6 is 0 Å². The molecule has 2 saturated carbocycles. The van der Waals surface area contributed by atoms with Gasteiger partial charge in [0.2, 0.25) is 0 Å². The van der Waals surface area contributed by atoms with E-state index in [1.165, 1.54) is 62.5 Å². The van der Waals surface area contributed by atoms with E-state index in [0.29, 0.717) is 11.8 Å². The Hall–Kier alpha value is -2.34. The molecule has 0 N–H and O–H groups in total. The third-order valence-corrected chi connectivity index (χ3v) is 6.37. The van der Waals surface area contributed by atoms with E-state index in [1.807, 2.05) is 0 Å². The largest absolute Gasteiger partial charge is 0.0767 e. The molecule has 0 unspecified atom stereocenters. The molecule has 0 aromatic heterocycles. The summed E-state index contributed by atoms with van der Waals surface area (Å²) in [6.07, 6.45) is 20.4. The molecular formula is C28H32. The van der Waals surface area contributed by atoms with Crippen molar-refractivity contribution in [2.45, 2.75) is 51.4 Å². The van der Waals surface area contributed by atoms with Crippen molar-refractivity contribution in [2.75, 3.05) is 0 Å². The standard InChI is InChI=1S/C28H32/c1-3-11-23(12-4-1)19-21-25-15-7-9-17-27(25)28-18-10-8-16-26(28)22-20-24-13-5-2-6-14-24/h1-6,11-14,19-22,25-26H,7-10,15-18H2/b21-19-,22-20-,28-27+/t25-,26+. The first-order chi connectivity index (χ1) is 13.9. The molecule has 2 aliphatic carbocycles. The van der Waals surface area contributed by atoms with Crippen molar-refractivity contribution in [2.24, 2.45) is 11.8 Å². The molecule has 144 valence electrons. The number of allylic oxidation sites excluding steroid dienone is 4. The lowest BCUT2D eigenvalue weighted by atomic mass is 9.73. The van der Waals surface area contributed by atoms with Crippen LogP contribution in [-0.2, 0) is 0 Å². The summed E-state index contributed by atoms with van der Waals surface area (Å²) in [5.74, 6) is 1.27. The molecule has 0 aliphatic heterocycles. The van der Waals surface area contributed by atoms with Crippen LogP contribution in [0.3, 0.4) is 0 Å². The Bertz CT molecular complexity index is 751. The Morgan fingerprint density at radius 3 is 1.39 bits per heavy atom. The van der Waals surface area contributed by atoms with E-state index < -0.39 is 0 Å². The number of hydrogen-bond acceptors (Lipinski definition) is 0. The summed E-state index contributed by atoms with van der Waals surface area (Å²) in [6, 6.07) is 21.5. The van der Waals surface area contributed by atoms with Gasteiger partial charge in [-0.2, -0.15) is 0 Å². The van der Waals surface area contributed by atoms with E-state index in [0.717, 1.165) is 0 Å². The van der Waals surface area contributed by atoms with Crippen LogP contribution in [0.2, 0.25) is 0 Å². The third-order valence-electron chi connectivity index (χ3n) is 6.37. The van der Waals surface area contributed by atoms with Gasteiger partial charge in [0, 0.05) is 0 Å². The molecule has 0 radical (unpaired) electrons. The molecule has 2 atom stereocenters. The smallest absolute Gasteiger partial charge is 0.00171 e. The average Bonchev–Trinajstić information content (AvgIpc) is 2.78. The highest BCUT2D eigenvalue weighted by atomic mass is 14.3. The van der Waals surface area contributed by atoms with Gasteiger partial charge in [-0.05, 0) is 61.5 Å². The van der Waals surface area contributed by atoms with Crippen LogP contribution in [-0.4, -0.2) is 0 Å². The normalized spacial score (nSPS) is 26.1. The lowest BCUT2D eigenvalue weighted by molar-refractivity contribution is 0.465. The summed E-state index contributed by atoms with van der Waals surface area (Å²) in [5.41, 5.74) is 6.17. The maximum absolute atomic E-state index is 2.49. The Morgan fingerprint density at radius 2 is 0.964 bits per heavy atom. The molecule has 0 spiro atoms. The fraction of sp³-hybridized carbons (Fsp3) is 0.357. The zero-order valence-electron chi connectivity index (χ0n) is 16.9. The molecule has 2 aliphatic rings. The summed E-state index contributed by atoms with van der Waals surface area (Å²) < 4.78 is 0. The van der Waals surface area contributed by atoms with Crippen molar-refractivity contribution < 1.29 is 0 Å². The monoisotopic (exact) mass is 368 g/mol. The van der Waals surface area contributed by atoms with Gasteiger partial charge in [-0.25, -0.2) is 0 Å². The highest BCUT2D eigenvalue weighted by Crippen LogP contribution is 2.41. The first kappa shape index (κ1) is 19.0. The first-order valence-electron chi connectivity index (χ1n) is 11.1. The van der Waals surface area contributed by atoms with Gasteiger partial charge in [0.15, 0.2) is 0 Å². The van der Waals surface area contributed by atoms with Gasteiger partial charge in [-0.3, -0.25) is 0 Å². The second kappa shape index (κ2) is 9.73. The quantitative estimate of drug-likeness (QED) is 0.478. The lowest BCUT2D eigenvalue weighted by Gasteiger charge is -2.32. The molecule has 0 heteroatoms. The Labute approximate surface area is 170 Å². The number of benzene rings is 2. The van der Waals surface area contributed by atoms with Crippen LogP contribution in [0.4, 0.5) is 0 Å². The predicted octanol–water partition coefficient (Wildman–Crippen LogP) is 8.09. The van der Waals surface area contributed by atoms with Gasteiger partial charge in [-0.15, -0.1) is 0 Å². The third kappa shape index (κ3) is 4.93. The maximum Gasteiger partial charge on any atom is -0.00171 e. The molecule has 0 nitrogen and oxygen atoms in total. The van der Waals surface area contributed by atoms with Gasteiger partial charge in [-0.1, -0.05) is 109 Å². The zero-order chi connectivity index (χ0) is 19.0. The SMILES string of the molecule is C(=C/[C@@H]1CCCC/C1=C1/CCCC[C@@H]1/C=C\c1ccccc1)/c1ccccc1. The summed E-state index contributed by atoms with van der Waals surface area (Å²) >= 11 is 0. The summed E-state index contributed by atoms with van der Waals surface area (Å²) in [5, 5.41) is 0. The van der Waals surface area contributed by atoms with Crippen molar-refractivity contribution in [3.8, 4) is 0 Å². The van der Waals surface area contributed by atoms with E-state index in [4.69, 9.17) is 0 Å².